The van der Waals surface area contributed by atoms with Crippen LogP contribution in [0.4, 0.5) is 4.39 Å². The molecule has 16 heavy (non-hydrogen) atoms. The van der Waals surface area contributed by atoms with Gasteiger partial charge < -0.3 is 14.6 Å². The summed E-state index contributed by atoms with van der Waals surface area (Å²) in [5, 5.41) is 8.61. The Hall–Kier alpha value is -1.62. The number of ether oxygens (including phenoxy) is 2. The number of methoxy groups -OCH3 is 2. The predicted octanol–water partition coefficient (Wildman–Crippen LogP) is 1.61. The van der Waals surface area contributed by atoms with Gasteiger partial charge in [-0.3, -0.25) is 4.79 Å². The second-order valence-electron chi connectivity index (χ2n) is 3.26. The van der Waals surface area contributed by atoms with E-state index < -0.39 is 11.8 Å². The SMILES string of the molecule is COCc1cc(CC(=O)O)c(F)cc1OC. The van der Waals surface area contributed by atoms with Gasteiger partial charge in [-0.05, 0) is 11.6 Å². The monoisotopic (exact) mass is 228 g/mol. The van der Waals surface area contributed by atoms with Crippen LogP contribution in [0.1, 0.15) is 11.1 Å². The van der Waals surface area contributed by atoms with E-state index in [-0.39, 0.29) is 18.6 Å². The van der Waals surface area contributed by atoms with Gasteiger partial charge >= 0.3 is 5.97 Å². The van der Waals surface area contributed by atoms with Crippen LogP contribution in [0.3, 0.4) is 0 Å². The first kappa shape index (κ1) is 12.4. The minimum Gasteiger partial charge on any atom is -0.496 e. The van der Waals surface area contributed by atoms with E-state index in [2.05, 4.69) is 0 Å². The molecule has 5 heteroatoms. The van der Waals surface area contributed by atoms with Crippen molar-refractivity contribution in [3.63, 3.8) is 0 Å². The third-order valence-electron chi connectivity index (χ3n) is 2.09. The van der Waals surface area contributed by atoms with Crippen molar-refractivity contribution in [2.75, 3.05) is 14.2 Å². The number of carboxylic acid groups (broad SMARTS) is 1. The van der Waals surface area contributed by atoms with Gasteiger partial charge in [-0.1, -0.05) is 0 Å². The normalized spacial score (nSPS) is 10.2. The Balaban J connectivity index is 3.10. The maximum Gasteiger partial charge on any atom is 0.307 e. The minimum atomic E-state index is -1.08. The summed E-state index contributed by atoms with van der Waals surface area (Å²) in [6, 6.07) is 2.62. The predicted molar refractivity (Wildman–Crippen MR) is 55.0 cm³/mol. The molecule has 88 valence electrons. The lowest BCUT2D eigenvalue weighted by Crippen LogP contribution is -2.05. The Morgan fingerprint density at radius 2 is 2.06 bits per heavy atom. The smallest absolute Gasteiger partial charge is 0.307 e. The topological polar surface area (TPSA) is 55.8 Å². The maximum absolute atomic E-state index is 13.4. The summed E-state index contributed by atoms with van der Waals surface area (Å²) in [6.07, 6.45) is -0.355. The van der Waals surface area contributed by atoms with E-state index in [1.54, 1.807) is 0 Å². The van der Waals surface area contributed by atoms with E-state index >= 15 is 0 Å². The van der Waals surface area contributed by atoms with Crippen LogP contribution in [0.15, 0.2) is 12.1 Å². The lowest BCUT2D eigenvalue weighted by molar-refractivity contribution is -0.136. The van der Waals surface area contributed by atoms with E-state index in [4.69, 9.17) is 14.6 Å². The fraction of sp³-hybridized carbons (Fsp3) is 0.364. The highest BCUT2D eigenvalue weighted by atomic mass is 19.1. The number of hydrogen-bond acceptors (Lipinski definition) is 3. The molecule has 0 heterocycles. The van der Waals surface area contributed by atoms with E-state index in [0.717, 1.165) is 0 Å². The van der Waals surface area contributed by atoms with Crippen molar-refractivity contribution in [3.8, 4) is 5.75 Å². The number of carboxylic acids is 1. The highest BCUT2D eigenvalue weighted by molar-refractivity contribution is 5.70. The van der Waals surface area contributed by atoms with Gasteiger partial charge in [-0.15, -0.1) is 0 Å². The molecule has 1 rings (SSSR count). The van der Waals surface area contributed by atoms with Gasteiger partial charge in [0.25, 0.3) is 0 Å². The van der Waals surface area contributed by atoms with Crippen LogP contribution in [0.2, 0.25) is 0 Å². The molecule has 0 bridgehead atoms. The Labute approximate surface area is 92.6 Å². The second kappa shape index (κ2) is 5.46. The number of benzene rings is 1. The van der Waals surface area contributed by atoms with Crippen molar-refractivity contribution >= 4 is 5.97 Å². The third-order valence-corrected chi connectivity index (χ3v) is 2.09. The zero-order chi connectivity index (χ0) is 12.1. The van der Waals surface area contributed by atoms with Crippen LogP contribution < -0.4 is 4.74 Å². The van der Waals surface area contributed by atoms with Crippen molar-refractivity contribution in [1.29, 1.82) is 0 Å². The van der Waals surface area contributed by atoms with Crippen molar-refractivity contribution < 1.29 is 23.8 Å². The highest BCUT2D eigenvalue weighted by Gasteiger charge is 2.12. The van der Waals surface area contributed by atoms with Crippen LogP contribution in [0, 0.1) is 5.82 Å². The lowest BCUT2D eigenvalue weighted by atomic mass is 10.1. The van der Waals surface area contributed by atoms with Crippen LogP contribution in [0.5, 0.6) is 5.75 Å². The Morgan fingerprint density at radius 3 is 2.56 bits per heavy atom. The third kappa shape index (κ3) is 2.93. The van der Waals surface area contributed by atoms with Gasteiger partial charge in [0.1, 0.15) is 11.6 Å². The molecule has 1 aromatic carbocycles. The van der Waals surface area contributed by atoms with E-state index in [0.29, 0.717) is 11.3 Å². The molecule has 0 aromatic heterocycles. The zero-order valence-electron chi connectivity index (χ0n) is 9.12. The second-order valence-corrected chi connectivity index (χ2v) is 3.26. The molecule has 0 unspecified atom stereocenters. The molecule has 1 aromatic rings. The van der Waals surface area contributed by atoms with Crippen molar-refractivity contribution in [3.05, 3.63) is 29.1 Å². The van der Waals surface area contributed by atoms with E-state index in [1.807, 2.05) is 0 Å². The summed E-state index contributed by atoms with van der Waals surface area (Å²) in [5.41, 5.74) is 0.753. The fourth-order valence-corrected chi connectivity index (χ4v) is 1.41. The number of halogens is 1. The van der Waals surface area contributed by atoms with Crippen LogP contribution in [-0.2, 0) is 22.6 Å². The summed E-state index contributed by atoms with van der Waals surface area (Å²) in [5.74, 6) is -1.31. The molecule has 0 saturated heterocycles. The average molecular weight is 228 g/mol. The Kier molecular flexibility index (Phi) is 4.25. The van der Waals surface area contributed by atoms with Gasteiger partial charge in [0.2, 0.25) is 0 Å². The molecule has 0 radical (unpaired) electrons. The molecule has 1 N–H and O–H groups in total. The van der Waals surface area contributed by atoms with Gasteiger partial charge in [0.15, 0.2) is 0 Å². The molecule has 0 amide bonds. The molecule has 0 atom stereocenters. The van der Waals surface area contributed by atoms with Gasteiger partial charge in [0, 0.05) is 18.7 Å². The van der Waals surface area contributed by atoms with Crippen LogP contribution in [-0.4, -0.2) is 25.3 Å². The largest absolute Gasteiger partial charge is 0.496 e. The molecule has 0 fully saturated rings. The minimum absolute atomic E-state index is 0.125. The summed E-state index contributed by atoms with van der Waals surface area (Å²) in [4.78, 5) is 10.5. The first-order valence-electron chi connectivity index (χ1n) is 4.64. The summed E-state index contributed by atoms with van der Waals surface area (Å²) in [6.45, 7) is 0.246. The molecule has 0 spiro atoms. The molecule has 0 aliphatic rings. The summed E-state index contributed by atoms with van der Waals surface area (Å²) in [7, 11) is 2.92. The first-order chi connectivity index (χ1) is 7.58. The molecule has 4 nitrogen and oxygen atoms in total. The average Bonchev–Trinajstić information content (AvgIpc) is 2.22. The van der Waals surface area contributed by atoms with Gasteiger partial charge in [-0.25, -0.2) is 4.39 Å². The number of hydrogen-bond donors (Lipinski definition) is 1. The van der Waals surface area contributed by atoms with Gasteiger partial charge in [0.05, 0.1) is 20.1 Å². The van der Waals surface area contributed by atoms with E-state index in [9.17, 15) is 9.18 Å². The van der Waals surface area contributed by atoms with Crippen LogP contribution in [0.25, 0.3) is 0 Å². The maximum atomic E-state index is 13.4. The molecule has 0 aliphatic carbocycles. The van der Waals surface area contributed by atoms with Crippen molar-refractivity contribution in [1.82, 2.24) is 0 Å². The molecule has 0 saturated carbocycles. The van der Waals surface area contributed by atoms with Crippen molar-refractivity contribution in [2.24, 2.45) is 0 Å². The quantitative estimate of drug-likeness (QED) is 0.831. The first-order valence-corrected chi connectivity index (χ1v) is 4.64. The van der Waals surface area contributed by atoms with Crippen molar-refractivity contribution in [2.45, 2.75) is 13.0 Å². The van der Waals surface area contributed by atoms with E-state index in [1.165, 1.54) is 26.4 Å². The number of aliphatic carboxylic acids is 1. The molecule has 0 aliphatic heterocycles. The standard InChI is InChI=1S/C11H13FO4/c1-15-6-8-3-7(4-11(13)14)9(12)5-10(8)16-2/h3,5H,4,6H2,1-2H3,(H,13,14). The van der Waals surface area contributed by atoms with Crippen LogP contribution >= 0.6 is 0 Å². The Morgan fingerprint density at radius 1 is 1.38 bits per heavy atom. The number of rotatable bonds is 5. The Bertz CT molecular complexity index is 390. The molecular formula is C11H13FO4. The molecular weight excluding hydrogens is 215 g/mol. The summed E-state index contributed by atoms with van der Waals surface area (Å²) < 4.78 is 23.3. The number of carbonyl (C=O) groups is 1. The summed E-state index contributed by atoms with van der Waals surface area (Å²) >= 11 is 0. The fourth-order valence-electron chi connectivity index (χ4n) is 1.41. The lowest BCUT2D eigenvalue weighted by Gasteiger charge is -2.10. The zero-order valence-corrected chi connectivity index (χ0v) is 9.12. The van der Waals surface area contributed by atoms with Gasteiger partial charge in [-0.2, -0.15) is 0 Å². The highest BCUT2D eigenvalue weighted by Crippen LogP contribution is 2.23.